The molecular formula is C26H22Cl2N2O4S. The lowest BCUT2D eigenvalue weighted by Crippen LogP contribution is -2.09. The van der Waals surface area contributed by atoms with Crippen LogP contribution in [0.3, 0.4) is 0 Å². The number of sulfone groups is 1. The number of carbonyl (C=O) groups is 1. The largest absolute Gasteiger partial charge is 0.481 e. The van der Waals surface area contributed by atoms with Gasteiger partial charge in [0.15, 0.2) is 9.84 Å². The first-order valence-corrected chi connectivity index (χ1v) is 13.3. The van der Waals surface area contributed by atoms with Crippen LogP contribution in [0.5, 0.6) is 0 Å². The van der Waals surface area contributed by atoms with E-state index in [2.05, 4.69) is 0 Å². The maximum Gasteiger partial charge on any atom is 0.310 e. The van der Waals surface area contributed by atoms with Gasteiger partial charge in [0.25, 0.3) is 0 Å². The fourth-order valence-corrected chi connectivity index (χ4v) is 4.87. The molecule has 1 heterocycles. The highest BCUT2D eigenvalue weighted by molar-refractivity contribution is 7.90. The van der Waals surface area contributed by atoms with Gasteiger partial charge in [-0.15, -0.1) is 0 Å². The number of rotatable bonds is 6. The number of hydrogen-bond acceptors (Lipinski definition) is 4. The Balaban J connectivity index is 1.92. The molecule has 1 aromatic heterocycles. The monoisotopic (exact) mass is 528 g/mol. The number of benzene rings is 3. The third-order valence-electron chi connectivity index (χ3n) is 5.92. The van der Waals surface area contributed by atoms with Gasteiger partial charge in [0.2, 0.25) is 0 Å². The van der Waals surface area contributed by atoms with Crippen LogP contribution in [0.1, 0.15) is 24.0 Å². The van der Waals surface area contributed by atoms with E-state index in [-0.39, 0.29) is 4.90 Å². The average molecular weight is 529 g/mol. The second kappa shape index (κ2) is 9.49. The molecule has 1 atom stereocenters. The number of hydrogen-bond donors (Lipinski definition) is 1. The van der Waals surface area contributed by atoms with Crippen LogP contribution in [0.15, 0.2) is 71.6 Å². The van der Waals surface area contributed by atoms with Gasteiger partial charge in [-0.2, -0.15) is 5.10 Å². The molecule has 0 amide bonds. The van der Waals surface area contributed by atoms with E-state index in [4.69, 9.17) is 28.3 Å². The lowest BCUT2D eigenvalue weighted by atomic mass is 9.92. The molecule has 0 fully saturated rings. The lowest BCUT2D eigenvalue weighted by Gasteiger charge is -2.13. The topological polar surface area (TPSA) is 89.3 Å². The van der Waals surface area contributed by atoms with Crippen molar-refractivity contribution in [1.29, 1.82) is 0 Å². The molecule has 4 aromatic rings. The van der Waals surface area contributed by atoms with Crippen LogP contribution in [0.2, 0.25) is 10.0 Å². The van der Waals surface area contributed by atoms with Crippen LogP contribution < -0.4 is 0 Å². The van der Waals surface area contributed by atoms with Crippen molar-refractivity contribution in [3.63, 3.8) is 0 Å². The summed E-state index contributed by atoms with van der Waals surface area (Å²) in [5.41, 5.74) is 5.08. The quantitative estimate of drug-likeness (QED) is 0.312. The number of aromatic nitrogens is 2. The number of carboxylic acid groups (broad SMARTS) is 1. The van der Waals surface area contributed by atoms with E-state index >= 15 is 0 Å². The van der Waals surface area contributed by atoms with Crippen molar-refractivity contribution >= 4 is 39.0 Å². The predicted octanol–water partition coefficient (Wildman–Crippen LogP) is 6.41. The maximum atomic E-state index is 11.9. The molecule has 4 rings (SSSR count). The number of carboxylic acids is 1. The Morgan fingerprint density at radius 3 is 2.29 bits per heavy atom. The SMILES string of the molecule is Cc1c(-c2cc(-c3ccc(Cl)c(Cl)c3)n(-c3ccc(S(C)(=O)=O)cc3)n2)cccc1C(C)C(=O)O. The number of aliphatic carboxylic acids is 1. The molecule has 0 radical (unpaired) electrons. The highest BCUT2D eigenvalue weighted by atomic mass is 35.5. The van der Waals surface area contributed by atoms with Gasteiger partial charge < -0.3 is 5.11 Å². The highest BCUT2D eigenvalue weighted by Gasteiger charge is 2.21. The first kappa shape index (κ1) is 25.0. The minimum atomic E-state index is -3.35. The van der Waals surface area contributed by atoms with Crippen LogP contribution in [0.25, 0.3) is 28.2 Å². The fourth-order valence-electron chi connectivity index (χ4n) is 3.94. The Morgan fingerprint density at radius 2 is 1.69 bits per heavy atom. The molecule has 0 aliphatic rings. The summed E-state index contributed by atoms with van der Waals surface area (Å²) in [4.78, 5) is 11.8. The molecule has 0 aliphatic heterocycles. The lowest BCUT2D eigenvalue weighted by molar-refractivity contribution is -0.138. The van der Waals surface area contributed by atoms with Gasteiger partial charge in [-0.25, -0.2) is 13.1 Å². The van der Waals surface area contributed by atoms with Crippen LogP contribution in [-0.4, -0.2) is 35.5 Å². The highest BCUT2D eigenvalue weighted by Crippen LogP contribution is 2.35. The van der Waals surface area contributed by atoms with Gasteiger partial charge in [0.05, 0.1) is 37.9 Å². The third kappa shape index (κ3) is 4.98. The second-order valence-corrected chi connectivity index (χ2v) is 11.1. The standard InChI is InChI=1S/C26H22Cl2N2O4S/c1-15-20(16(2)26(31)32)5-4-6-21(15)24-14-25(17-7-12-22(27)23(28)13-17)30(29-24)18-8-10-19(11-9-18)35(3,33)34/h4-14,16H,1-3H3,(H,31,32). The Labute approximate surface area is 213 Å². The molecular weight excluding hydrogens is 507 g/mol. The summed E-state index contributed by atoms with van der Waals surface area (Å²) < 4.78 is 25.5. The molecule has 9 heteroatoms. The molecule has 180 valence electrons. The van der Waals surface area contributed by atoms with Crippen molar-refractivity contribution in [1.82, 2.24) is 9.78 Å². The minimum absolute atomic E-state index is 0.205. The Morgan fingerprint density at radius 1 is 1.00 bits per heavy atom. The predicted molar refractivity (Wildman–Crippen MR) is 138 cm³/mol. The van der Waals surface area contributed by atoms with E-state index in [0.29, 0.717) is 32.7 Å². The van der Waals surface area contributed by atoms with Crippen LogP contribution >= 0.6 is 23.2 Å². The molecule has 3 aromatic carbocycles. The summed E-state index contributed by atoms with van der Waals surface area (Å²) in [6.45, 7) is 3.53. The van der Waals surface area contributed by atoms with E-state index < -0.39 is 21.7 Å². The zero-order chi connectivity index (χ0) is 25.5. The van der Waals surface area contributed by atoms with E-state index in [1.807, 2.05) is 31.2 Å². The van der Waals surface area contributed by atoms with Gasteiger partial charge in [0.1, 0.15) is 0 Å². The van der Waals surface area contributed by atoms with Gasteiger partial charge in [-0.1, -0.05) is 47.5 Å². The van der Waals surface area contributed by atoms with E-state index in [1.54, 1.807) is 41.9 Å². The van der Waals surface area contributed by atoms with E-state index in [0.717, 1.165) is 22.9 Å². The molecule has 1 N–H and O–H groups in total. The Bertz CT molecular complexity index is 1540. The smallest absolute Gasteiger partial charge is 0.310 e. The molecule has 0 saturated carbocycles. The first-order chi connectivity index (χ1) is 16.5. The zero-order valence-electron chi connectivity index (χ0n) is 19.2. The number of nitrogens with zero attached hydrogens (tertiary/aromatic N) is 2. The summed E-state index contributed by atoms with van der Waals surface area (Å²) in [6.07, 6.45) is 1.16. The van der Waals surface area contributed by atoms with Gasteiger partial charge in [-0.05, 0) is 67.4 Å². The van der Waals surface area contributed by atoms with Crippen molar-refractivity contribution in [2.75, 3.05) is 6.26 Å². The zero-order valence-corrected chi connectivity index (χ0v) is 21.5. The van der Waals surface area contributed by atoms with Crippen LogP contribution in [0, 0.1) is 6.92 Å². The molecule has 0 saturated heterocycles. The summed E-state index contributed by atoms with van der Waals surface area (Å²) >= 11 is 12.4. The maximum absolute atomic E-state index is 11.9. The van der Waals surface area contributed by atoms with Gasteiger partial charge in [0, 0.05) is 17.4 Å². The van der Waals surface area contributed by atoms with E-state index in [1.165, 1.54) is 12.1 Å². The van der Waals surface area contributed by atoms with Gasteiger partial charge >= 0.3 is 5.97 Å². The second-order valence-electron chi connectivity index (χ2n) is 8.30. The third-order valence-corrected chi connectivity index (χ3v) is 7.79. The number of halogens is 2. The van der Waals surface area contributed by atoms with Crippen molar-refractivity contribution in [3.05, 3.63) is 87.9 Å². The van der Waals surface area contributed by atoms with Crippen molar-refractivity contribution in [2.24, 2.45) is 0 Å². The minimum Gasteiger partial charge on any atom is -0.481 e. The van der Waals surface area contributed by atoms with Crippen molar-refractivity contribution < 1.29 is 18.3 Å². The molecule has 0 spiro atoms. The summed E-state index contributed by atoms with van der Waals surface area (Å²) in [5.74, 6) is -1.58. The molecule has 35 heavy (non-hydrogen) atoms. The Kier molecular flexibility index (Phi) is 6.77. The average Bonchev–Trinajstić information content (AvgIpc) is 3.25. The van der Waals surface area contributed by atoms with E-state index in [9.17, 15) is 18.3 Å². The van der Waals surface area contributed by atoms with Crippen molar-refractivity contribution in [2.45, 2.75) is 24.7 Å². The normalized spacial score (nSPS) is 12.5. The summed E-state index contributed by atoms with van der Waals surface area (Å²) in [6, 6.07) is 19.1. The molecule has 1 unspecified atom stereocenters. The Hall–Kier alpha value is -3.13. The van der Waals surface area contributed by atoms with Crippen LogP contribution in [0.4, 0.5) is 0 Å². The molecule has 6 nitrogen and oxygen atoms in total. The summed E-state index contributed by atoms with van der Waals surface area (Å²) in [5, 5.41) is 15.1. The summed E-state index contributed by atoms with van der Waals surface area (Å²) in [7, 11) is -3.35. The molecule has 0 aliphatic carbocycles. The van der Waals surface area contributed by atoms with Gasteiger partial charge in [-0.3, -0.25) is 4.79 Å². The van der Waals surface area contributed by atoms with Crippen LogP contribution in [-0.2, 0) is 14.6 Å². The van der Waals surface area contributed by atoms with Crippen molar-refractivity contribution in [3.8, 4) is 28.2 Å². The molecule has 0 bridgehead atoms. The first-order valence-electron chi connectivity index (χ1n) is 10.7. The fraction of sp³-hybridized carbons (Fsp3) is 0.154.